The Morgan fingerprint density at radius 1 is 1.47 bits per heavy atom. The second kappa shape index (κ2) is 4.67. The van der Waals surface area contributed by atoms with Crippen LogP contribution in [0.5, 0.6) is 5.75 Å². The first kappa shape index (κ1) is 12.7. The van der Waals surface area contributed by atoms with Crippen LogP contribution in [0.15, 0.2) is 18.2 Å². The number of nitrogens with zero attached hydrogens (tertiary/aromatic N) is 1. The number of likely N-dealkylation sites (tertiary alicyclic amines) is 1. The zero-order valence-electron chi connectivity index (χ0n) is 11.1. The van der Waals surface area contributed by atoms with E-state index < -0.39 is 6.23 Å². The van der Waals surface area contributed by atoms with Crippen molar-refractivity contribution >= 4 is 5.69 Å². The second-order valence-electron chi connectivity index (χ2n) is 5.58. The molecule has 2 aliphatic rings. The predicted molar refractivity (Wildman–Crippen MR) is 71.8 cm³/mol. The maximum absolute atomic E-state index is 10.4. The summed E-state index contributed by atoms with van der Waals surface area (Å²) in [6.45, 7) is 3.45. The topological polar surface area (TPSA) is 68.0 Å². The molecule has 1 aromatic rings. The van der Waals surface area contributed by atoms with Gasteiger partial charge in [0.2, 0.25) is 0 Å². The van der Waals surface area contributed by atoms with Gasteiger partial charge in [-0.2, -0.15) is 0 Å². The number of nitrogens with two attached hydrogens (primary N) is 1. The van der Waals surface area contributed by atoms with Crippen molar-refractivity contribution < 1.29 is 14.6 Å². The molecule has 5 nitrogen and oxygen atoms in total. The molecule has 104 valence electrons. The maximum Gasteiger partial charge on any atom is 0.142 e. The zero-order chi connectivity index (χ0) is 13.5. The molecule has 0 bridgehead atoms. The summed E-state index contributed by atoms with van der Waals surface area (Å²) in [6, 6.07) is 5.42. The van der Waals surface area contributed by atoms with Crippen molar-refractivity contribution in [3.05, 3.63) is 23.8 Å². The van der Waals surface area contributed by atoms with Crippen molar-refractivity contribution in [1.82, 2.24) is 4.90 Å². The Hall–Kier alpha value is -1.30. The van der Waals surface area contributed by atoms with E-state index in [-0.39, 0.29) is 5.41 Å². The van der Waals surface area contributed by atoms with Crippen LogP contribution in [0.25, 0.3) is 0 Å². The number of aliphatic hydroxyl groups is 1. The fourth-order valence-corrected chi connectivity index (χ4v) is 2.99. The highest BCUT2D eigenvalue weighted by molar-refractivity contribution is 5.54. The van der Waals surface area contributed by atoms with Gasteiger partial charge in [-0.15, -0.1) is 0 Å². The Bertz CT molecular complexity index is 464. The molecule has 1 atom stereocenters. The molecule has 1 spiro atoms. The summed E-state index contributed by atoms with van der Waals surface area (Å²) in [4.78, 5) is 2.06. The molecule has 0 saturated carbocycles. The summed E-state index contributed by atoms with van der Waals surface area (Å²) in [7, 11) is 1.58. The average Bonchev–Trinajstić information content (AvgIpc) is 2.86. The molecule has 0 amide bonds. The Balaban J connectivity index is 1.69. The number of aliphatic hydroxyl groups excluding tert-OH is 1. The minimum Gasteiger partial charge on any atom is -0.495 e. The van der Waals surface area contributed by atoms with E-state index in [9.17, 15) is 5.11 Å². The molecule has 1 aromatic carbocycles. The number of anilines is 1. The van der Waals surface area contributed by atoms with Crippen LogP contribution in [0.3, 0.4) is 0 Å². The minimum absolute atomic E-state index is 0.277. The highest BCUT2D eigenvalue weighted by Crippen LogP contribution is 2.42. The fraction of sp³-hybridized carbons (Fsp3) is 0.571. The van der Waals surface area contributed by atoms with Crippen molar-refractivity contribution in [3.63, 3.8) is 0 Å². The minimum atomic E-state index is -0.597. The monoisotopic (exact) mass is 264 g/mol. The highest BCUT2D eigenvalue weighted by Gasteiger charge is 2.47. The lowest BCUT2D eigenvalue weighted by Crippen LogP contribution is -2.57. The first-order valence-electron chi connectivity index (χ1n) is 6.57. The number of nitrogen functional groups attached to an aromatic ring is 1. The summed E-state index contributed by atoms with van der Waals surface area (Å²) in [5.74, 6) is 0.607. The van der Waals surface area contributed by atoms with Gasteiger partial charge in [0, 0.05) is 25.1 Å². The molecule has 1 unspecified atom stereocenters. The molecule has 0 radical (unpaired) electrons. The third-order valence-electron chi connectivity index (χ3n) is 4.16. The van der Waals surface area contributed by atoms with Crippen LogP contribution in [-0.4, -0.2) is 43.4 Å². The third-order valence-corrected chi connectivity index (χ3v) is 4.16. The first-order chi connectivity index (χ1) is 9.13. The summed E-state index contributed by atoms with van der Waals surface area (Å²) in [6.07, 6.45) is 0.502. The molecule has 5 heteroatoms. The normalized spacial score (nSPS) is 23.3. The summed E-state index contributed by atoms with van der Waals surface area (Å²) in [5, 5.41) is 10.4. The van der Waals surface area contributed by atoms with E-state index in [1.165, 1.54) is 0 Å². The number of hydrogen-bond acceptors (Lipinski definition) is 5. The molecule has 2 fully saturated rings. The van der Waals surface area contributed by atoms with Crippen LogP contribution in [0, 0.1) is 5.41 Å². The van der Waals surface area contributed by atoms with Gasteiger partial charge in [0.1, 0.15) is 12.0 Å². The highest BCUT2D eigenvalue weighted by atomic mass is 16.5. The molecular weight excluding hydrogens is 244 g/mol. The number of methoxy groups -OCH3 is 1. The first-order valence-corrected chi connectivity index (χ1v) is 6.57. The number of hydrogen-bond donors (Lipinski definition) is 2. The summed E-state index contributed by atoms with van der Waals surface area (Å²) >= 11 is 0. The van der Waals surface area contributed by atoms with Gasteiger partial charge in [-0.1, -0.05) is 6.07 Å². The number of benzene rings is 1. The van der Waals surface area contributed by atoms with Crippen LogP contribution >= 0.6 is 0 Å². The van der Waals surface area contributed by atoms with E-state index in [2.05, 4.69) is 4.90 Å². The molecule has 2 heterocycles. The van der Waals surface area contributed by atoms with Crippen LogP contribution in [0.1, 0.15) is 18.2 Å². The van der Waals surface area contributed by atoms with E-state index in [1.807, 2.05) is 6.07 Å². The van der Waals surface area contributed by atoms with E-state index in [0.717, 1.165) is 38.3 Å². The fourth-order valence-electron chi connectivity index (χ4n) is 2.99. The van der Waals surface area contributed by atoms with Crippen molar-refractivity contribution in [3.8, 4) is 5.75 Å². The van der Waals surface area contributed by atoms with Crippen LogP contribution in [0.2, 0.25) is 0 Å². The molecular formula is C14H20N2O3. The molecule has 19 heavy (non-hydrogen) atoms. The van der Waals surface area contributed by atoms with E-state index >= 15 is 0 Å². The molecule has 3 rings (SSSR count). The van der Waals surface area contributed by atoms with Gasteiger partial charge in [-0.3, -0.25) is 4.90 Å². The Kier molecular flexibility index (Phi) is 3.12. The van der Waals surface area contributed by atoms with E-state index in [4.69, 9.17) is 15.2 Å². The Morgan fingerprint density at radius 2 is 2.26 bits per heavy atom. The van der Waals surface area contributed by atoms with E-state index in [1.54, 1.807) is 19.2 Å². The zero-order valence-corrected chi connectivity index (χ0v) is 11.1. The van der Waals surface area contributed by atoms with Gasteiger partial charge >= 0.3 is 0 Å². The van der Waals surface area contributed by atoms with Gasteiger partial charge < -0.3 is 20.3 Å². The Morgan fingerprint density at radius 3 is 2.89 bits per heavy atom. The predicted octanol–water partition coefficient (Wildman–Crippen LogP) is 0.991. The average molecular weight is 264 g/mol. The number of ether oxygens (including phenoxy) is 2. The van der Waals surface area contributed by atoms with Crippen molar-refractivity contribution in [2.45, 2.75) is 12.6 Å². The maximum atomic E-state index is 10.4. The van der Waals surface area contributed by atoms with Gasteiger partial charge in [-0.25, -0.2) is 0 Å². The summed E-state index contributed by atoms with van der Waals surface area (Å²) < 4.78 is 10.6. The molecule has 2 saturated heterocycles. The molecule has 2 aliphatic heterocycles. The third kappa shape index (κ3) is 2.18. The van der Waals surface area contributed by atoms with E-state index in [0.29, 0.717) is 11.4 Å². The van der Waals surface area contributed by atoms with Crippen LogP contribution in [-0.2, 0) is 4.74 Å². The molecule has 0 aromatic heterocycles. The SMILES string of the molecule is COc1cc(C(O)N2CC3(CCOC3)C2)ccc1N. The lowest BCUT2D eigenvalue weighted by Gasteiger charge is -2.49. The summed E-state index contributed by atoms with van der Waals surface area (Å²) in [5.41, 5.74) is 7.46. The van der Waals surface area contributed by atoms with Crippen molar-refractivity contribution in [1.29, 1.82) is 0 Å². The molecule has 3 N–H and O–H groups in total. The lowest BCUT2D eigenvalue weighted by molar-refractivity contribution is -0.113. The van der Waals surface area contributed by atoms with Crippen LogP contribution < -0.4 is 10.5 Å². The van der Waals surface area contributed by atoms with Crippen molar-refractivity contribution in [2.75, 3.05) is 39.1 Å². The standard InChI is InChI=1S/C14H20N2O3/c1-18-12-6-10(2-3-11(12)15)13(17)16-7-14(8-16)4-5-19-9-14/h2-3,6,13,17H,4-5,7-9,15H2,1H3. The van der Waals surface area contributed by atoms with Gasteiger partial charge in [0.25, 0.3) is 0 Å². The van der Waals surface area contributed by atoms with Gasteiger partial charge in [0.05, 0.1) is 19.4 Å². The Labute approximate surface area is 112 Å². The number of rotatable bonds is 3. The lowest BCUT2D eigenvalue weighted by atomic mass is 9.79. The van der Waals surface area contributed by atoms with Crippen LogP contribution in [0.4, 0.5) is 5.69 Å². The van der Waals surface area contributed by atoms with Gasteiger partial charge in [0.15, 0.2) is 0 Å². The largest absolute Gasteiger partial charge is 0.495 e. The quantitative estimate of drug-likeness (QED) is 0.797. The van der Waals surface area contributed by atoms with Crippen molar-refractivity contribution in [2.24, 2.45) is 5.41 Å². The smallest absolute Gasteiger partial charge is 0.142 e. The van der Waals surface area contributed by atoms with Gasteiger partial charge in [-0.05, 0) is 24.1 Å². The molecule has 0 aliphatic carbocycles. The second-order valence-corrected chi connectivity index (χ2v) is 5.58.